The number of carbonyl (C=O) groups is 1. The number of hydrogen-bond acceptors (Lipinski definition) is 4. The van der Waals surface area contributed by atoms with Crippen molar-refractivity contribution < 1.29 is 18.9 Å². The zero-order valence-corrected chi connectivity index (χ0v) is 12.2. The first-order valence-corrected chi connectivity index (χ1v) is 5.97. The SMILES string of the molecule is CON(C)C(=O)/C(C)=C/B1OC(C)(C)C(C)(C)O1. The molecule has 0 aromatic rings. The smallest absolute Gasteiger partial charge is 0.400 e. The summed E-state index contributed by atoms with van der Waals surface area (Å²) in [5, 5.41) is 1.16. The van der Waals surface area contributed by atoms with Crippen molar-refractivity contribution in [1.82, 2.24) is 5.06 Å². The maximum Gasteiger partial charge on any atom is 0.487 e. The molecule has 0 spiro atoms. The zero-order valence-electron chi connectivity index (χ0n) is 12.2. The number of hydroxylamine groups is 2. The van der Waals surface area contributed by atoms with Crippen LogP contribution in [0, 0.1) is 0 Å². The van der Waals surface area contributed by atoms with Gasteiger partial charge in [-0.2, -0.15) is 0 Å². The molecule has 0 N–H and O–H groups in total. The van der Waals surface area contributed by atoms with Crippen molar-refractivity contribution in [3.05, 3.63) is 11.5 Å². The standard InChI is InChI=1S/C12H22BNO4/c1-9(10(15)14(6)16-7)8-13-17-11(2,3)12(4,5)18-13/h8H,1-7H3/b9-8+. The van der Waals surface area contributed by atoms with Gasteiger partial charge in [-0.25, -0.2) is 5.06 Å². The minimum absolute atomic E-state index is 0.216. The van der Waals surface area contributed by atoms with E-state index in [1.165, 1.54) is 7.11 Å². The molecule has 0 unspecified atom stereocenters. The first kappa shape index (κ1) is 15.2. The first-order valence-electron chi connectivity index (χ1n) is 5.97. The van der Waals surface area contributed by atoms with Crippen LogP contribution in [0.1, 0.15) is 34.6 Å². The van der Waals surface area contributed by atoms with Crippen molar-refractivity contribution in [2.75, 3.05) is 14.2 Å². The van der Waals surface area contributed by atoms with E-state index in [4.69, 9.17) is 14.1 Å². The fraction of sp³-hybridized carbons (Fsp3) is 0.750. The monoisotopic (exact) mass is 255 g/mol. The topological polar surface area (TPSA) is 48.0 Å². The fourth-order valence-corrected chi connectivity index (χ4v) is 1.56. The largest absolute Gasteiger partial charge is 0.487 e. The maximum atomic E-state index is 11.8. The van der Waals surface area contributed by atoms with Gasteiger partial charge in [0.2, 0.25) is 0 Å². The summed E-state index contributed by atoms with van der Waals surface area (Å²) in [4.78, 5) is 16.6. The molecule has 0 bridgehead atoms. The Morgan fingerprint density at radius 2 is 1.67 bits per heavy atom. The molecule has 1 fully saturated rings. The molecule has 0 saturated carbocycles. The highest BCUT2D eigenvalue weighted by Crippen LogP contribution is 2.37. The van der Waals surface area contributed by atoms with Crippen molar-refractivity contribution in [3.8, 4) is 0 Å². The van der Waals surface area contributed by atoms with Gasteiger partial charge >= 0.3 is 7.12 Å². The van der Waals surface area contributed by atoms with Crippen LogP contribution in [-0.2, 0) is 18.9 Å². The molecular formula is C12H22BNO4. The predicted molar refractivity (Wildman–Crippen MR) is 69.6 cm³/mol. The van der Waals surface area contributed by atoms with Crippen LogP contribution in [0.25, 0.3) is 0 Å². The molecule has 18 heavy (non-hydrogen) atoms. The lowest BCUT2D eigenvalue weighted by Crippen LogP contribution is -2.41. The van der Waals surface area contributed by atoms with Gasteiger partial charge in [-0.1, -0.05) is 0 Å². The fourth-order valence-electron chi connectivity index (χ4n) is 1.56. The Morgan fingerprint density at radius 1 is 1.22 bits per heavy atom. The Hall–Kier alpha value is -0.845. The van der Waals surface area contributed by atoms with Crippen molar-refractivity contribution in [1.29, 1.82) is 0 Å². The Labute approximate surface area is 109 Å². The van der Waals surface area contributed by atoms with E-state index in [0.717, 1.165) is 5.06 Å². The minimum atomic E-state index is -0.510. The van der Waals surface area contributed by atoms with Gasteiger partial charge in [0.25, 0.3) is 5.91 Å². The third-order valence-electron chi connectivity index (χ3n) is 3.55. The number of hydrogen-bond donors (Lipinski definition) is 0. The molecule has 1 heterocycles. The van der Waals surface area contributed by atoms with E-state index in [-0.39, 0.29) is 5.91 Å². The number of nitrogens with zero attached hydrogens (tertiary/aromatic N) is 1. The molecule has 1 saturated heterocycles. The van der Waals surface area contributed by atoms with Crippen molar-refractivity contribution >= 4 is 13.0 Å². The summed E-state index contributed by atoms with van der Waals surface area (Å²) in [5.41, 5.74) is -0.271. The second-order valence-electron chi connectivity index (χ2n) is 5.46. The Bertz CT molecular complexity index is 349. The third kappa shape index (κ3) is 2.94. The maximum absolute atomic E-state index is 11.8. The van der Waals surface area contributed by atoms with E-state index in [2.05, 4.69) is 0 Å². The lowest BCUT2D eigenvalue weighted by atomic mass is 9.87. The normalized spacial score (nSPS) is 22.2. The highest BCUT2D eigenvalue weighted by atomic mass is 16.7. The van der Waals surface area contributed by atoms with Gasteiger partial charge in [-0.05, 0) is 40.6 Å². The zero-order chi connectivity index (χ0) is 14.1. The van der Waals surface area contributed by atoms with E-state index in [1.54, 1.807) is 19.9 Å². The number of amides is 1. The predicted octanol–water partition coefficient (Wildman–Crippen LogP) is 1.58. The summed E-state index contributed by atoms with van der Waals surface area (Å²) in [6.45, 7) is 9.60. The molecular weight excluding hydrogens is 233 g/mol. The molecule has 1 rings (SSSR count). The Balaban J connectivity index is 2.78. The lowest BCUT2D eigenvalue weighted by molar-refractivity contribution is -0.163. The van der Waals surface area contributed by atoms with E-state index in [1.807, 2.05) is 27.7 Å². The summed E-state index contributed by atoms with van der Waals surface area (Å²) in [6.07, 6.45) is 0. The minimum Gasteiger partial charge on any atom is -0.400 e. The van der Waals surface area contributed by atoms with Crippen LogP contribution >= 0.6 is 0 Å². The van der Waals surface area contributed by atoms with Crippen LogP contribution in [0.4, 0.5) is 0 Å². The van der Waals surface area contributed by atoms with Crippen molar-refractivity contribution in [3.63, 3.8) is 0 Å². The van der Waals surface area contributed by atoms with Gasteiger partial charge < -0.3 is 9.31 Å². The Kier molecular flexibility index (Phi) is 4.25. The molecule has 0 radical (unpaired) electrons. The third-order valence-corrected chi connectivity index (χ3v) is 3.55. The highest BCUT2D eigenvalue weighted by molar-refractivity contribution is 6.52. The number of likely N-dealkylation sites (N-methyl/N-ethyl adjacent to an activating group) is 1. The van der Waals surface area contributed by atoms with Gasteiger partial charge in [0.15, 0.2) is 0 Å². The van der Waals surface area contributed by atoms with Gasteiger partial charge in [0, 0.05) is 12.6 Å². The summed E-state index contributed by atoms with van der Waals surface area (Å²) in [5.74, 6) is 1.46. The molecule has 1 amide bonds. The van der Waals surface area contributed by atoms with Crippen LogP contribution in [0.5, 0.6) is 0 Å². The Morgan fingerprint density at radius 3 is 2.06 bits per heavy atom. The molecule has 0 aromatic carbocycles. The van der Waals surface area contributed by atoms with Gasteiger partial charge in [-0.3, -0.25) is 9.63 Å². The molecule has 0 aromatic heterocycles. The summed E-state index contributed by atoms with van der Waals surface area (Å²) in [7, 11) is 2.49. The van der Waals surface area contributed by atoms with Crippen LogP contribution in [0.2, 0.25) is 0 Å². The average Bonchev–Trinajstić information content (AvgIpc) is 2.44. The second kappa shape index (κ2) is 5.03. The van der Waals surface area contributed by atoms with Gasteiger partial charge in [-0.15, -0.1) is 0 Å². The van der Waals surface area contributed by atoms with Crippen molar-refractivity contribution in [2.45, 2.75) is 45.8 Å². The summed E-state index contributed by atoms with van der Waals surface area (Å²) < 4.78 is 11.6. The molecule has 5 nitrogen and oxygen atoms in total. The molecule has 1 aliphatic heterocycles. The number of rotatable bonds is 3. The molecule has 6 heteroatoms. The first-order chi connectivity index (χ1) is 8.10. The second-order valence-corrected chi connectivity index (χ2v) is 5.46. The molecule has 0 aliphatic carbocycles. The van der Waals surface area contributed by atoms with Crippen LogP contribution in [-0.4, -0.2) is 43.4 Å². The van der Waals surface area contributed by atoms with Gasteiger partial charge in [0.1, 0.15) is 0 Å². The quantitative estimate of drug-likeness (QED) is 0.436. The number of carbonyl (C=O) groups excluding carboxylic acids is 1. The van der Waals surface area contributed by atoms with Crippen LogP contribution in [0.3, 0.4) is 0 Å². The average molecular weight is 255 g/mol. The van der Waals surface area contributed by atoms with Crippen LogP contribution in [0.15, 0.2) is 11.5 Å². The molecule has 1 aliphatic rings. The van der Waals surface area contributed by atoms with Crippen LogP contribution < -0.4 is 0 Å². The van der Waals surface area contributed by atoms with Gasteiger partial charge in [0.05, 0.1) is 18.3 Å². The lowest BCUT2D eigenvalue weighted by Gasteiger charge is -2.32. The highest BCUT2D eigenvalue weighted by Gasteiger charge is 2.50. The van der Waals surface area contributed by atoms with E-state index < -0.39 is 18.3 Å². The molecule has 0 atom stereocenters. The summed E-state index contributed by atoms with van der Waals surface area (Å²) >= 11 is 0. The van der Waals surface area contributed by atoms with E-state index in [0.29, 0.717) is 5.57 Å². The van der Waals surface area contributed by atoms with E-state index in [9.17, 15) is 4.79 Å². The summed E-state index contributed by atoms with van der Waals surface area (Å²) in [6, 6.07) is 0. The van der Waals surface area contributed by atoms with Crippen molar-refractivity contribution in [2.24, 2.45) is 0 Å². The van der Waals surface area contributed by atoms with E-state index >= 15 is 0 Å². The molecule has 102 valence electrons.